The number of nitrogens with zero attached hydrogens (tertiary/aromatic N) is 3. The number of pyridine rings is 1. The van der Waals surface area contributed by atoms with Crippen molar-refractivity contribution in [1.82, 2.24) is 14.5 Å². The van der Waals surface area contributed by atoms with Crippen LogP contribution in [0.2, 0.25) is 0 Å². The third kappa shape index (κ3) is 2.75. The van der Waals surface area contributed by atoms with Crippen molar-refractivity contribution < 1.29 is 4.39 Å². The molecule has 0 fully saturated rings. The third-order valence-electron chi connectivity index (χ3n) is 2.88. The molecule has 0 saturated carbocycles. The van der Waals surface area contributed by atoms with Gasteiger partial charge in [0.25, 0.3) is 5.56 Å². The van der Waals surface area contributed by atoms with Crippen LogP contribution in [0.25, 0.3) is 17.1 Å². The summed E-state index contributed by atoms with van der Waals surface area (Å²) in [5.41, 5.74) is 0.824. The number of halogens is 2. The molecule has 2 aromatic heterocycles. The van der Waals surface area contributed by atoms with Crippen molar-refractivity contribution in [3.63, 3.8) is 0 Å². The van der Waals surface area contributed by atoms with Crippen LogP contribution in [0.5, 0.6) is 0 Å². The minimum Gasteiger partial charge on any atom is -0.283 e. The number of benzene rings is 1. The number of hydrogen-bond acceptors (Lipinski definition) is 3. The van der Waals surface area contributed by atoms with Gasteiger partial charge >= 0.3 is 0 Å². The fourth-order valence-electron chi connectivity index (χ4n) is 1.94. The molecule has 0 saturated heterocycles. The predicted octanol–water partition coefficient (Wildman–Crippen LogP) is 3.20. The van der Waals surface area contributed by atoms with Crippen molar-refractivity contribution in [2.45, 2.75) is 0 Å². The van der Waals surface area contributed by atoms with E-state index in [0.29, 0.717) is 21.5 Å². The normalized spacial score (nSPS) is 10.6. The highest BCUT2D eigenvalue weighted by Crippen LogP contribution is 2.19. The number of rotatable bonds is 2. The molecule has 104 valence electrons. The molecule has 6 heteroatoms. The molecule has 0 bridgehead atoms. The SMILES string of the molecule is O=c1c(Br)cc(-c2ncccn2)cn1-c1cccc(F)c1. The zero-order valence-corrected chi connectivity index (χ0v) is 12.3. The van der Waals surface area contributed by atoms with E-state index >= 15 is 0 Å². The second-order valence-corrected chi connectivity index (χ2v) is 5.16. The minimum absolute atomic E-state index is 0.278. The summed E-state index contributed by atoms with van der Waals surface area (Å²) in [7, 11) is 0. The molecule has 0 atom stereocenters. The van der Waals surface area contributed by atoms with E-state index in [4.69, 9.17) is 0 Å². The molecule has 2 heterocycles. The van der Waals surface area contributed by atoms with Crippen LogP contribution in [-0.2, 0) is 0 Å². The molecule has 0 radical (unpaired) electrons. The zero-order valence-electron chi connectivity index (χ0n) is 10.7. The summed E-state index contributed by atoms with van der Waals surface area (Å²) in [5.74, 6) is 0.0836. The van der Waals surface area contributed by atoms with Crippen molar-refractivity contribution in [3.05, 3.63) is 75.6 Å². The lowest BCUT2D eigenvalue weighted by Crippen LogP contribution is -2.18. The molecule has 0 unspecified atom stereocenters. The molecule has 0 aliphatic rings. The van der Waals surface area contributed by atoms with Gasteiger partial charge in [-0.2, -0.15) is 0 Å². The van der Waals surface area contributed by atoms with Crippen molar-refractivity contribution in [2.75, 3.05) is 0 Å². The summed E-state index contributed by atoms with van der Waals surface area (Å²) in [6, 6.07) is 9.19. The molecule has 0 aliphatic carbocycles. The molecular weight excluding hydrogens is 337 g/mol. The van der Waals surface area contributed by atoms with Crippen LogP contribution in [0.3, 0.4) is 0 Å². The molecule has 3 rings (SSSR count). The van der Waals surface area contributed by atoms with Crippen LogP contribution in [0, 0.1) is 5.82 Å². The lowest BCUT2D eigenvalue weighted by molar-refractivity contribution is 0.626. The second-order valence-electron chi connectivity index (χ2n) is 4.30. The van der Waals surface area contributed by atoms with Crippen LogP contribution in [0.4, 0.5) is 4.39 Å². The molecule has 21 heavy (non-hydrogen) atoms. The van der Waals surface area contributed by atoms with Gasteiger partial charge in [0.15, 0.2) is 5.82 Å². The summed E-state index contributed by atoms with van der Waals surface area (Å²) >= 11 is 3.23. The Balaban J connectivity index is 2.22. The van der Waals surface area contributed by atoms with Gasteiger partial charge in [0.05, 0.1) is 10.2 Å². The van der Waals surface area contributed by atoms with Gasteiger partial charge in [0.2, 0.25) is 0 Å². The second kappa shape index (κ2) is 5.57. The molecule has 4 nitrogen and oxygen atoms in total. The Kier molecular flexibility index (Phi) is 3.62. The van der Waals surface area contributed by atoms with Gasteiger partial charge in [0.1, 0.15) is 5.82 Å². The zero-order chi connectivity index (χ0) is 14.8. The first-order chi connectivity index (χ1) is 10.1. The molecule has 0 spiro atoms. The Morgan fingerprint density at radius 2 is 1.86 bits per heavy atom. The Labute approximate surface area is 128 Å². The quantitative estimate of drug-likeness (QED) is 0.716. The van der Waals surface area contributed by atoms with Gasteiger partial charge in [0, 0.05) is 24.2 Å². The minimum atomic E-state index is -0.406. The van der Waals surface area contributed by atoms with Gasteiger partial charge in [-0.25, -0.2) is 14.4 Å². The van der Waals surface area contributed by atoms with Crippen molar-refractivity contribution in [3.8, 4) is 17.1 Å². The van der Waals surface area contributed by atoms with Crippen molar-refractivity contribution >= 4 is 15.9 Å². The topological polar surface area (TPSA) is 47.8 Å². The average molecular weight is 346 g/mol. The molecule has 3 aromatic rings. The van der Waals surface area contributed by atoms with Gasteiger partial charge in [-0.15, -0.1) is 0 Å². The standard InChI is InChI=1S/C15H9BrFN3O/c16-13-7-10(14-18-5-2-6-19-14)9-20(15(13)21)12-4-1-3-11(17)8-12/h1-9H. The molecular formula is C15H9BrFN3O. The van der Waals surface area contributed by atoms with Crippen LogP contribution >= 0.6 is 15.9 Å². The fourth-order valence-corrected chi connectivity index (χ4v) is 2.37. The predicted molar refractivity (Wildman–Crippen MR) is 80.7 cm³/mol. The first-order valence-electron chi connectivity index (χ1n) is 6.11. The average Bonchev–Trinajstić information content (AvgIpc) is 2.51. The Morgan fingerprint density at radius 1 is 1.10 bits per heavy atom. The lowest BCUT2D eigenvalue weighted by atomic mass is 10.2. The van der Waals surface area contributed by atoms with Gasteiger partial charge in [-0.1, -0.05) is 6.07 Å². The first-order valence-corrected chi connectivity index (χ1v) is 6.90. The first kappa shape index (κ1) is 13.6. The summed E-state index contributed by atoms with van der Waals surface area (Å²) in [6.45, 7) is 0. The molecule has 1 aromatic carbocycles. The maximum absolute atomic E-state index is 13.4. The van der Waals surface area contributed by atoms with Crippen molar-refractivity contribution in [1.29, 1.82) is 0 Å². The van der Waals surface area contributed by atoms with E-state index in [1.54, 1.807) is 42.9 Å². The van der Waals surface area contributed by atoms with Gasteiger partial charge in [-0.3, -0.25) is 9.36 Å². The van der Waals surface area contributed by atoms with E-state index < -0.39 is 5.82 Å². The van der Waals surface area contributed by atoms with E-state index in [0.717, 1.165) is 0 Å². The van der Waals surface area contributed by atoms with Crippen LogP contribution in [0.15, 0.2) is 64.3 Å². The van der Waals surface area contributed by atoms with Gasteiger partial charge < -0.3 is 0 Å². The largest absolute Gasteiger partial charge is 0.283 e. The van der Waals surface area contributed by atoms with Crippen LogP contribution in [-0.4, -0.2) is 14.5 Å². The van der Waals surface area contributed by atoms with Crippen molar-refractivity contribution in [2.24, 2.45) is 0 Å². The Morgan fingerprint density at radius 3 is 2.57 bits per heavy atom. The maximum Gasteiger partial charge on any atom is 0.269 e. The van der Waals surface area contributed by atoms with E-state index in [9.17, 15) is 9.18 Å². The highest BCUT2D eigenvalue weighted by Gasteiger charge is 2.09. The monoisotopic (exact) mass is 345 g/mol. The molecule has 0 aliphatic heterocycles. The fraction of sp³-hybridized carbons (Fsp3) is 0. The third-order valence-corrected chi connectivity index (χ3v) is 3.45. The maximum atomic E-state index is 13.4. The van der Waals surface area contributed by atoms with E-state index in [-0.39, 0.29) is 5.56 Å². The number of hydrogen-bond donors (Lipinski definition) is 0. The number of aromatic nitrogens is 3. The lowest BCUT2D eigenvalue weighted by Gasteiger charge is -2.09. The van der Waals surface area contributed by atoms with Crippen LogP contribution < -0.4 is 5.56 Å². The Hall–Kier alpha value is -2.34. The van der Waals surface area contributed by atoms with Crippen LogP contribution in [0.1, 0.15) is 0 Å². The highest BCUT2D eigenvalue weighted by atomic mass is 79.9. The summed E-state index contributed by atoms with van der Waals surface area (Å²) in [6.07, 6.45) is 4.83. The highest BCUT2D eigenvalue weighted by molar-refractivity contribution is 9.10. The van der Waals surface area contributed by atoms with E-state index in [1.165, 1.54) is 16.7 Å². The molecule has 0 amide bonds. The van der Waals surface area contributed by atoms with E-state index in [1.807, 2.05) is 0 Å². The summed E-state index contributed by atoms with van der Waals surface area (Å²) < 4.78 is 15.1. The van der Waals surface area contributed by atoms with Gasteiger partial charge in [-0.05, 0) is 46.3 Å². The smallest absolute Gasteiger partial charge is 0.269 e. The van der Waals surface area contributed by atoms with E-state index in [2.05, 4.69) is 25.9 Å². The summed E-state index contributed by atoms with van der Waals surface area (Å²) in [5, 5.41) is 0. The summed E-state index contributed by atoms with van der Waals surface area (Å²) in [4.78, 5) is 20.5. The molecule has 0 N–H and O–H groups in total. The Bertz CT molecular complexity index is 849.